The number of carboxylic acids is 1. The summed E-state index contributed by atoms with van der Waals surface area (Å²) in [5.41, 5.74) is 0.910. The first kappa shape index (κ1) is 18.4. The molecule has 1 unspecified atom stereocenters. The molecule has 7 heteroatoms. The van der Waals surface area contributed by atoms with E-state index in [4.69, 9.17) is 26.2 Å². The fraction of sp³-hybridized carbons (Fsp3) is 0.529. The SMILES string of the molecule is CCCOc1c(Cl)cc(CCN2CC(C(=O)O)CC2=O)cc1OC. The van der Waals surface area contributed by atoms with Gasteiger partial charge in [0, 0.05) is 19.5 Å². The standard InChI is InChI=1S/C17H22ClNO5/c1-3-6-24-16-13(18)7-11(8-14(16)23-2)4-5-19-10-12(17(21)22)9-15(19)20/h7-8,12H,3-6,9-10H2,1-2H3,(H,21,22). The summed E-state index contributed by atoms with van der Waals surface area (Å²) in [7, 11) is 1.55. The smallest absolute Gasteiger partial charge is 0.308 e. The van der Waals surface area contributed by atoms with Gasteiger partial charge in [0.25, 0.3) is 0 Å². The average molecular weight is 356 g/mol. The van der Waals surface area contributed by atoms with Gasteiger partial charge in [-0.25, -0.2) is 0 Å². The van der Waals surface area contributed by atoms with Gasteiger partial charge >= 0.3 is 5.97 Å². The van der Waals surface area contributed by atoms with Crippen molar-refractivity contribution in [1.29, 1.82) is 0 Å². The predicted octanol–water partition coefficient (Wildman–Crippen LogP) is 2.61. The number of carbonyl (C=O) groups excluding carboxylic acids is 1. The van der Waals surface area contributed by atoms with Crippen LogP contribution in [0.2, 0.25) is 5.02 Å². The lowest BCUT2D eigenvalue weighted by molar-refractivity contribution is -0.141. The number of nitrogens with zero attached hydrogens (tertiary/aromatic N) is 1. The second-order valence-corrected chi connectivity index (χ2v) is 6.19. The Bertz CT molecular complexity index is 619. The number of halogens is 1. The molecular weight excluding hydrogens is 334 g/mol. The number of carboxylic acid groups (broad SMARTS) is 1. The van der Waals surface area contributed by atoms with Crippen molar-refractivity contribution in [3.63, 3.8) is 0 Å². The second kappa shape index (κ2) is 8.24. The van der Waals surface area contributed by atoms with E-state index in [9.17, 15) is 9.59 Å². The molecule has 0 aliphatic carbocycles. The molecule has 24 heavy (non-hydrogen) atoms. The van der Waals surface area contributed by atoms with Crippen LogP contribution in [0, 0.1) is 5.92 Å². The highest BCUT2D eigenvalue weighted by Crippen LogP contribution is 2.36. The average Bonchev–Trinajstić information content (AvgIpc) is 2.92. The molecule has 1 aliphatic heterocycles. The van der Waals surface area contributed by atoms with Crippen molar-refractivity contribution in [2.75, 3.05) is 26.8 Å². The fourth-order valence-corrected chi connectivity index (χ4v) is 2.97. The summed E-state index contributed by atoms with van der Waals surface area (Å²) >= 11 is 6.27. The molecule has 0 bridgehead atoms. The lowest BCUT2D eigenvalue weighted by atomic mass is 10.1. The first-order chi connectivity index (χ1) is 11.5. The van der Waals surface area contributed by atoms with Gasteiger partial charge in [-0.1, -0.05) is 18.5 Å². The van der Waals surface area contributed by atoms with Gasteiger partial charge < -0.3 is 19.5 Å². The molecule has 1 atom stereocenters. The Kier molecular flexibility index (Phi) is 6.31. The van der Waals surface area contributed by atoms with E-state index in [-0.39, 0.29) is 18.9 Å². The molecule has 0 aromatic heterocycles. The number of likely N-dealkylation sites (tertiary alicyclic amines) is 1. The number of benzene rings is 1. The summed E-state index contributed by atoms with van der Waals surface area (Å²) in [5.74, 6) is -0.577. The van der Waals surface area contributed by atoms with E-state index >= 15 is 0 Å². The van der Waals surface area contributed by atoms with E-state index < -0.39 is 11.9 Å². The number of carbonyl (C=O) groups is 2. The molecule has 1 N–H and O–H groups in total. The lowest BCUT2D eigenvalue weighted by Crippen LogP contribution is -2.28. The van der Waals surface area contributed by atoms with Crippen molar-refractivity contribution in [3.05, 3.63) is 22.7 Å². The molecule has 1 fully saturated rings. The topological polar surface area (TPSA) is 76.1 Å². The van der Waals surface area contributed by atoms with E-state index in [0.717, 1.165) is 12.0 Å². The van der Waals surface area contributed by atoms with Gasteiger partial charge in [0.15, 0.2) is 11.5 Å². The summed E-state index contributed by atoms with van der Waals surface area (Å²) in [4.78, 5) is 24.4. The fourth-order valence-electron chi connectivity index (χ4n) is 2.68. The van der Waals surface area contributed by atoms with E-state index in [1.807, 2.05) is 13.0 Å². The van der Waals surface area contributed by atoms with Crippen LogP contribution in [0.15, 0.2) is 12.1 Å². The van der Waals surface area contributed by atoms with Crippen LogP contribution in [0.5, 0.6) is 11.5 Å². The maximum atomic E-state index is 11.9. The van der Waals surface area contributed by atoms with Gasteiger partial charge in [-0.2, -0.15) is 0 Å². The quantitative estimate of drug-likeness (QED) is 0.775. The van der Waals surface area contributed by atoms with Gasteiger partial charge in [-0.15, -0.1) is 0 Å². The Balaban J connectivity index is 2.04. The summed E-state index contributed by atoms with van der Waals surface area (Å²) in [6, 6.07) is 3.64. The zero-order valence-corrected chi connectivity index (χ0v) is 14.6. The predicted molar refractivity (Wildman–Crippen MR) is 89.8 cm³/mol. The van der Waals surface area contributed by atoms with Crippen LogP contribution >= 0.6 is 11.6 Å². The molecule has 2 rings (SSSR count). The third-order valence-electron chi connectivity index (χ3n) is 3.97. The number of rotatable bonds is 8. The van der Waals surface area contributed by atoms with Crippen LogP contribution in [0.3, 0.4) is 0 Å². The minimum absolute atomic E-state index is 0.0726. The Hall–Kier alpha value is -1.95. The molecule has 132 valence electrons. The first-order valence-electron chi connectivity index (χ1n) is 7.96. The number of aliphatic carboxylic acids is 1. The molecule has 1 aromatic carbocycles. The summed E-state index contributed by atoms with van der Waals surface area (Å²) in [6.07, 6.45) is 1.51. The van der Waals surface area contributed by atoms with E-state index in [2.05, 4.69) is 0 Å². The maximum Gasteiger partial charge on any atom is 0.308 e. The Morgan fingerprint density at radius 3 is 2.79 bits per heavy atom. The summed E-state index contributed by atoms with van der Waals surface area (Å²) in [5, 5.41) is 9.48. The van der Waals surface area contributed by atoms with Crippen molar-refractivity contribution >= 4 is 23.5 Å². The number of amides is 1. The van der Waals surface area contributed by atoms with Crippen LogP contribution in [-0.4, -0.2) is 48.7 Å². The van der Waals surface area contributed by atoms with Crippen molar-refractivity contribution < 1.29 is 24.2 Å². The Morgan fingerprint density at radius 1 is 1.46 bits per heavy atom. The lowest BCUT2D eigenvalue weighted by Gasteiger charge is -2.17. The highest BCUT2D eigenvalue weighted by Gasteiger charge is 2.33. The van der Waals surface area contributed by atoms with Gasteiger partial charge in [-0.3, -0.25) is 9.59 Å². The molecule has 6 nitrogen and oxygen atoms in total. The summed E-state index contributed by atoms with van der Waals surface area (Å²) < 4.78 is 10.9. The molecule has 0 spiro atoms. The van der Waals surface area contributed by atoms with E-state index in [1.165, 1.54) is 0 Å². The van der Waals surface area contributed by atoms with Crippen LogP contribution in [0.25, 0.3) is 0 Å². The third-order valence-corrected chi connectivity index (χ3v) is 4.25. The first-order valence-corrected chi connectivity index (χ1v) is 8.33. The monoisotopic (exact) mass is 355 g/mol. The van der Waals surface area contributed by atoms with Crippen molar-refractivity contribution in [2.24, 2.45) is 5.92 Å². The highest BCUT2D eigenvalue weighted by atomic mass is 35.5. The van der Waals surface area contributed by atoms with Gasteiger partial charge in [0.1, 0.15) is 0 Å². The minimum atomic E-state index is -0.923. The highest BCUT2D eigenvalue weighted by molar-refractivity contribution is 6.32. The van der Waals surface area contributed by atoms with Crippen molar-refractivity contribution in [3.8, 4) is 11.5 Å². The van der Waals surface area contributed by atoms with Gasteiger partial charge in [-0.05, 0) is 30.5 Å². The molecule has 1 heterocycles. The largest absolute Gasteiger partial charge is 0.493 e. The zero-order valence-electron chi connectivity index (χ0n) is 13.9. The van der Waals surface area contributed by atoms with Crippen LogP contribution < -0.4 is 9.47 Å². The minimum Gasteiger partial charge on any atom is -0.493 e. The molecule has 1 saturated heterocycles. The van der Waals surface area contributed by atoms with Crippen LogP contribution in [-0.2, 0) is 16.0 Å². The maximum absolute atomic E-state index is 11.9. The van der Waals surface area contributed by atoms with E-state index in [0.29, 0.717) is 36.1 Å². The normalized spacial score (nSPS) is 17.2. The van der Waals surface area contributed by atoms with Gasteiger partial charge in [0.2, 0.25) is 5.91 Å². The van der Waals surface area contributed by atoms with E-state index in [1.54, 1.807) is 18.1 Å². The number of hydrogen-bond acceptors (Lipinski definition) is 4. The van der Waals surface area contributed by atoms with Crippen LogP contribution in [0.1, 0.15) is 25.3 Å². The van der Waals surface area contributed by atoms with Crippen molar-refractivity contribution in [1.82, 2.24) is 4.90 Å². The van der Waals surface area contributed by atoms with Crippen molar-refractivity contribution in [2.45, 2.75) is 26.2 Å². The number of methoxy groups -OCH3 is 1. The molecule has 1 amide bonds. The molecule has 1 aliphatic rings. The zero-order chi connectivity index (χ0) is 17.7. The molecular formula is C17H22ClNO5. The molecule has 0 saturated carbocycles. The number of hydrogen-bond donors (Lipinski definition) is 1. The summed E-state index contributed by atoms with van der Waals surface area (Å²) in [6.45, 7) is 3.27. The number of ether oxygens (including phenoxy) is 2. The molecule has 1 aromatic rings. The third kappa shape index (κ3) is 4.32. The van der Waals surface area contributed by atoms with Gasteiger partial charge in [0.05, 0.1) is 24.7 Å². The molecule has 0 radical (unpaired) electrons. The second-order valence-electron chi connectivity index (χ2n) is 5.79. The Labute approximate surface area is 146 Å². The van der Waals surface area contributed by atoms with Crippen LogP contribution in [0.4, 0.5) is 0 Å². The Morgan fingerprint density at radius 2 is 2.21 bits per heavy atom.